The zero-order valence-electron chi connectivity index (χ0n) is 11.1. The van der Waals surface area contributed by atoms with Crippen molar-refractivity contribution < 1.29 is 0 Å². The number of rotatable bonds is 1. The van der Waals surface area contributed by atoms with E-state index in [0.717, 1.165) is 15.8 Å². The molecule has 3 aromatic rings. The monoisotopic (exact) mass is 281 g/mol. The predicted molar refractivity (Wildman–Crippen MR) is 83.9 cm³/mol. The Kier molecular flexibility index (Phi) is 2.70. The van der Waals surface area contributed by atoms with Crippen molar-refractivity contribution in [2.24, 2.45) is 0 Å². The normalized spacial score (nSPS) is 14.4. The fraction of sp³-hybridized carbons (Fsp3) is 0.250. The van der Waals surface area contributed by atoms with Crippen molar-refractivity contribution in [3.8, 4) is 11.1 Å². The van der Waals surface area contributed by atoms with Crippen LogP contribution in [0, 0.1) is 0 Å². The number of anilines is 1. The summed E-state index contributed by atoms with van der Waals surface area (Å²) in [6, 6.07) is 6.80. The molecule has 1 aromatic carbocycles. The van der Waals surface area contributed by atoms with Crippen molar-refractivity contribution in [2.45, 2.75) is 25.7 Å². The number of nitrogen functional groups attached to an aromatic ring is 1. The van der Waals surface area contributed by atoms with Crippen LogP contribution in [0.2, 0.25) is 0 Å². The summed E-state index contributed by atoms with van der Waals surface area (Å²) in [5.74, 6) is 0.573. The van der Waals surface area contributed by atoms with Gasteiger partial charge in [0.25, 0.3) is 0 Å². The zero-order valence-corrected chi connectivity index (χ0v) is 11.9. The highest BCUT2D eigenvalue weighted by atomic mass is 32.1. The molecule has 2 aromatic heterocycles. The summed E-state index contributed by atoms with van der Waals surface area (Å²) in [4.78, 5) is 9.39. The average Bonchev–Trinajstić information content (AvgIpc) is 2.92. The number of hydrogen-bond acceptors (Lipinski definition) is 4. The first-order valence-corrected chi connectivity index (χ1v) is 7.81. The fourth-order valence-corrected chi connectivity index (χ4v) is 3.94. The third-order valence-corrected chi connectivity index (χ3v) is 4.95. The lowest BCUT2D eigenvalue weighted by Gasteiger charge is -2.16. The molecule has 1 aliphatic carbocycles. The lowest BCUT2D eigenvalue weighted by atomic mass is 9.89. The van der Waals surface area contributed by atoms with Crippen LogP contribution in [0.1, 0.15) is 24.0 Å². The molecule has 0 unspecified atom stereocenters. The van der Waals surface area contributed by atoms with E-state index < -0.39 is 0 Å². The second-order valence-electron chi connectivity index (χ2n) is 5.28. The van der Waals surface area contributed by atoms with Gasteiger partial charge in [0.1, 0.15) is 17.0 Å². The number of hydrogen-bond donors (Lipinski definition) is 1. The highest BCUT2D eigenvalue weighted by molar-refractivity contribution is 7.17. The molecule has 0 spiro atoms. The average molecular weight is 281 g/mol. The van der Waals surface area contributed by atoms with E-state index in [1.165, 1.54) is 48.7 Å². The summed E-state index contributed by atoms with van der Waals surface area (Å²) in [6.07, 6.45) is 6.55. The maximum Gasteiger partial charge on any atom is 0.136 e. The van der Waals surface area contributed by atoms with Crippen molar-refractivity contribution in [3.05, 3.63) is 41.0 Å². The molecule has 0 radical (unpaired) electrons. The highest BCUT2D eigenvalue weighted by Gasteiger charge is 2.14. The number of nitrogens with two attached hydrogens (primary N) is 1. The van der Waals surface area contributed by atoms with Crippen LogP contribution >= 0.6 is 11.3 Å². The van der Waals surface area contributed by atoms with Crippen molar-refractivity contribution in [2.75, 3.05) is 5.73 Å². The standard InChI is InChI=1S/C16H15N3S/c17-15-14-13(8-20-16(14)19-9-18-15)12-6-5-10-3-1-2-4-11(10)7-12/h5-9H,1-4H2,(H2,17,18,19). The van der Waals surface area contributed by atoms with Crippen LogP contribution in [0.4, 0.5) is 5.82 Å². The lowest BCUT2D eigenvalue weighted by molar-refractivity contribution is 0.686. The van der Waals surface area contributed by atoms with E-state index in [4.69, 9.17) is 5.73 Å². The first-order valence-electron chi connectivity index (χ1n) is 6.93. The van der Waals surface area contributed by atoms with Gasteiger partial charge in [-0.2, -0.15) is 0 Å². The van der Waals surface area contributed by atoms with Crippen LogP contribution < -0.4 is 5.73 Å². The van der Waals surface area contributed by atoms with E-state index in [1.54, 1.807) is 11.3 Å². The molecule has 0 saturated heterocycles. The molecule has 2 heterocycles. The summed E-state index contributed by atoms with van der Waals surface area (Å²) < 4.78 is 0. The summed E-state index contributed by atoms with van der Waals surface area (Å²) in [5, 5.41) is 3.13. The van der Waals surface area contributed by atoms with Gasteiger partial charge in [-0.05, 0) is 42.4 Å². The van der Waals surface area contributed by atoms with Gasteiger partial charge in [-0.1, -0.05) is 18.2 Å². The molecule has 0 bridgehead atoms. The van der Waals surface area contributed by atoms with Crippen molar-refractivity contribution in [1.82, 2.24) is 9.97 Å². The van der Waals surface area contributed by atoms with Crippen molar-refractivity contribution in [3.63, 3.8) is 0 Å². The smallest absolute Gasteiger partial charge is 0.136 e. The van der Waals surface area contributed by atoms with Gasteiger partial charge in [-0.15, -0.1) is 11.3 Å². The third-order valence-electron chi connectivity index (χ3n) is 4.06. The first kappa shape index (κ1) is 11.9. The Balaban J connectivity index is 1.91. The highest BCUT2D eigenvalue weighted by Crippen LogP contribution is 2.36. The minimum Gasteiger partial charge on any atom is -0.383 e. The number of thiophene rings is 1. The Hall–Kier alpha value is -1.94. The van der Waals surface area contributed by atoms with Gasteiger partial charge >= 0.3 is 0 Å². The van der Waals surface area contributed by atoms with Crippen LogP contribution in [0.25, 0.3) is 21.3 Å². The largest absolute Gasteiger partial charge is 0.383 e. The molecular weight excluding hydrogens is 266 g/mol. The van der Waals surface area contributed by atoms with Gasteiger partial charge in [-0.3, -0.25) is 0 Å². The second kappa shape index (κ2) is 4.56. The summed E-state index contributed by atoms with van der Waals surface area (Å²) in [6.45, 7) is 0. The molecule has 0 atom stereocenters. The van der Waals surface area contributed by atoms with E-state index in [-0.39, 0.29) is 0 Å². The van der Waals surface area contributed by atoms with Crippen LogP contribution in [-0.4, -0.2) is 9.97 Å². The Morgan fingerprint density at radius 1 is 1.05 bits per heavy atom. The Bertz CT molecular complexity index is 792. The van der Waals surface area contributed by atoms with Gasteiger partial charge < -0.3 is 5.73 Å². The molecule has 4 heteroatoms. The van der Waals surface area contributed by atoms with Crippen LogP contribution in [0.5, 0.6) is 0 Å². The molecule has 100 valence electrons. The van der Waals surface area contributed by atoms with E-state index in [1.807, 2.05) is 0 Å². The molecule has 0 fully saturated rings. The molecule has 0 saturated carbocycles. The SMILES string of the molecule is Nc1ncnc2scc(-c3ccc4c(c3)CCCC4)c12. The second-order valence-corrected chi connectivity index (χ2v) is 6.14. The van der Waals surface area contributed by atoms with Crippen LogP contribution in [0.15, 0.2) is 29.9 Å². The molecule has 0 aliphatic heterocycles. The van der Waals surface area contributed by atoms with E-state index in [2.05, 4.69) is 33.5 Å². The molecule has 3 nitrogen and oxygen atoms in total. The summed E-state index contributed by atoms with van der Waals surface area (Å²) in [5.41, 5.74) is 11.4. The Morgan fingerprint density at radius 3 is 2.80 bits per heavy atom. The van der Waals surface area contributed by atoms with Gasteiger partial charge in [-0.25, -0.2) is 9.97 Å². The van der Waals surface area contributed by atoms with Gasteiger partial charge in [0.2, 0.25) is 0 Å². The molecule has 0 amide bonds. The number of aromatic nitrogens is 2. The van der Waals surface area contributed by atoms with Crippen molar-refractivity contribution >= 4 is 27.4 Å². The predicted octanol–water partition coefficient (Wildman–Crippen LogP) is 3.82. The minimum absolute atomic E-state index is 0.573. The zero-order chi connectivity index (χ0) is 13.5. The lowest BCUT2D eigenvalue weighted by Crippen LogP contribution is -2.02. The maximum absolute atomic E-state index is 6.03. The Labute approximate surface area is 121 Å². The Morgan fingerprint density at radius 2 is 1.90 bits per heavy atom. The number of aryl methyl sites for hydroxylation is 2. The van der Waals surface area contributed by atoms with Crippen molar-refractivity contribution in [1.29, 1.82) is 0 Å². The minimum atomic E-state index is 0.573. The van der Waals surface area contributed by atoms with E-state index >= 15 is 0 Å². The van der Waals surface area contributed by atoms with Crippen LogP contribution in [0.3, 0.4) is 0 Å². The fourth-order valence-electron chi connectivity index (χ4n) is 3.01. The topological polar surface area (TPSA) is 51.8 Å². The summed E-state index contributed by atoms with van der Waals surface area (Å²) in [7, 11) is 0. The summed E-state index contributed by atoms with van der Waals surface area (Å²) >= 11 is 1.63. The first-order chi connectivity index (χ1) is 9.83. The van der Waals surface area contributed by atoms with Gasteiger partial charge in [0, 0.05) is 10.9 Å². The molecular formula is C16H15N3S. The van der Waals surface area contributed by atoms with E-state index in [0.29, 0.717) is 5.82 Å². The number of benzene rings is 1. The molecule has 4 rings (SSSR count). The molecule has 20 heavy (non-hydrogen) atoms. The van der Waals surface area contributed by atoms with Gasteiger partial charge in [0.15, 0.2) is 0 Å². The molecule has 1 aliphatic rings. The molecule has 2 N–H and O–H groups in total. The number of fused-ring (bicyclic) bond motifs is 2. The van der Waals surface area contributed by atoms with E-state index in [9.17, 15) is 0 Å². The third kappa shape index (κ3) is 1.79. The maximum atomic E-state index is 6.03. The quantitative estimate of drug-likeness (QED) is 0.737. The van der Waals surface area contributed by atoms with Gasteiger partial charge in [0.05, 0.1) is 5.39 Å². The van der Waals surface area contributed by atoms with Crippen LogP contribution in [-0.2, 0) is 12.8 Å². The number of nitrogens with zero attached hydrogens (tertiary/aromatic N) is 2.